The summed E-state index contributed by atoms with van der Waals surface area (Å²) in [6.45, 7) is 2.72. The van der Waals surface area contributed by atoms with Gasteiger partial charge in [-0.25, -0.2) is 4.39 Å². The Balaban J connectivity index is 2.00. The first-order valence-electron chi connectivity index (χ1n) is 6.65. The molecule has 1 fully saturated rings. The summed E-state index contributed by atoms with van der Waals surface area (Å²) >= 11 is 5.61. The van der Waals surface area contributed by atoms with Crippen LogP contribution in [0.2, 0.25) is 0 Å². The van der Waals surface area contributed by atoms with Crippen LogP contribution in [0.25, 0.3) is 0 Å². The second kappa shape index (κ2) is 6.83. The van der Waals surface area contributed by atoms with Crippen LogP contribution in [0.15, 0.2) is 18.2 Å². The van der Waals surface area contributed by atoms with Crippen molar-refractivity contribution in [2.45, 2.75) is 25.7 Å². The van der Waals surface area contributed by atoms with E-state index in [-0.39, 0.29) is 5.82 Å². The Morgan fingerprint density at radius 2 is 2.00 bits per heavy atom. The summed E-state index contributed by atoms with van der Waals surface area (Å²) in [5.74, 6) is 0.495. The number of hydrogen-bond acceptors (Lipinski definition) is 2. The molecule has 1 N–H and O–H groups in total. The van der Waals surface area contributed by atoms with Gasteiger partial charge in [-0.3, -0.25) is 0 Å². The van der Waals surface area contributed by atoms with Crippen LogP contribution >= 0.6 is 11.6 Å². The maximum absolute atomic E-state index is 14.0. The van der Waals surface area contributed by atoms with E-state index >= 15 is 0 Å². The minimum atomic E-state index is -0.132. The molecule has 0 saturated carbocycles. The molecular weight excluding hydrogens is 251 g/mol. The van der Waals surface area contributed by atoms with Gasteiger partial charge in [-0.1, -0.05) is 0 Å². The molecule has 1 aromatic carbocycles. The molecule has 0 bridgehead atoms. The second-order valence-corrected chi connectivity index (χ2v) is 5.06. The van der Waals surface area contributed by atoms with Crippen LogP contribution in [-0.4, -0.2) is 25.5 Å². The summed E-state index contributed by atoms with van der Waals surface area (Å²) < 4.78 is 14.0. The summed E-state index contributed by atoms with van der Waals surface area (Å²) in [5.41, 5.74) is 1.57. The molecule has 1 aliphatic heterocycles. The van der Waals surface area contributed by atoms with Gasteiger partial charge in [0.1, 0.15) is 5.82 Å². The highest BCUT2D eigenvalue weighted by atomic mass is 35.5. The standard InChI is InChI=1S/C14H20ClFN2/c15-7-4-8-17-12-5-6-14(13(16)11-12)18-9-2-1-3-10-18/h5-6,11,17H,1-4,7-10H2. The van der Waals surface area contributed by atoms with E-state index in [9.17, 15) is 4.39 Å². The Labute approximate surface area is 113 Å². The van der Waals surface area contributed by atoms with Gasteiger partial charge in [0, 0.05) is 31.2 Å². The normalized spacial score (nSPS) is 15.8. The molecule has 1 saturated heterocycles. The topological polar surface area (TPSA) is 15.3 Å². The summed E-state index contributed by atoms with van der Waals surface area (Å²) in [7, 11) is 0. The molecule has 1 aromatic rings. The van der Waals surface area contributed by atoms with Crippen LogP contribution in [0.1, 0.15) is 25.7 Å². The largest absolute Gasteiger partial charge is 0.385 e. The second-order valence-electron chi connectivity index (χ2n) is 4.68. The number of nitrogens with zero attached hydrogens (tertiary/aromatic N) is 1. The molecule has 0 amide bonds. The lowest BCUT2D eigenvalue weighted by Gasteiger charge is -2.29. The zero-order valence-corrected chi connectivity index (χ0v) is 11.3. The monoisotopic (exact) mass is 270 g/mol. The maximum Gasteiger partial charge on any atom is 0.148 e. The van der Waals surface area contributed by atoms with Crippen LogP contribution in [0, 0.1) is 5.82 Å². The van der Waals surface area contributed by atoms with Crippen molar-refractivity contribution in [1.29, 1.82) is 0 Å². The average Bonchev–Trinajstić information content (AvgIpc) is 2.40. The van der Waals surface area contributed by atoms with Gasteiger partial charge in [0.05, 0.1) is 5.69 Å². The summed E-state index contributed by atoms with van der Waals surface area (Å²) in [6.07, 6.45) is 4.47. The quantitative estimate of drug-likeness (QED) is 0.646. The molecule has 0 aliphatic carbocycles. The van der Waals surface area contributed by atoms with Crippen molar-refractivity contribution < 1.29 is 4.39 Å². The lowest BCUT2D eigenvalue weighted by molar-refractivity contribution is 0.557. The van der Waals surface area contributed by atoms with E-state index in [0.717, 1.165) is 50.3 Å². The number of anilines is 2. The average molecular weight is 271 g/mol. The van der Waals surface area contributed by atoms with E-state index in [1.165, 1.54) is 6.42 Å². The van der Waals surface area contributed by atoms with Crippen LogP contribution < -0.4 is 10.2 Å². The van der Waals surface area contributed by atoms with Crippen molar-refractivity contribution in [2.24, 2.45) is 0 Å². The molecule has 0 unspecified atom stereocenters. The van der Waals surface area contributed by atoms with Crippen molar-refractivity contribution in [2.75, 3.05) is 35.7 Å². The van der Waals surface area contributed by atoms with E-state index in [2.05, 4.69) is 10.2 Å². The first-order chi connectivity index (χ1) is 8.81. The summed E-state index contributed by atoms with van der Waals surface area (Å²) in [6, 6.07) is 5.41. The van der Waals surface area contributed by atoms with Gasteiger partial charge in [0.25, 0.3) is 0 Å². The van der Waals surface area contributed by atoms with Crippen molar-refractivity contribution in [3.63, 3.8) is 0 Å². The van der Waals surface area contributed by atoms with Crippen LogP contribution in [0.5, 0.6) is 0 Å². The Morgan fingerprint density at radius 3 is 2.67 bits per heavy atom. The van der Waals surface area contributed by atoms with E-state index in [1.54, 1.807) is 6.07 Å². The lowest BCUT2D eigenvalue weighted by atomic mass is 10.1. The molecule has 0 radical (unpaired) electrons. The van der Waals surface area contributed by atoms with Crippen molar-refractivity contribution >= 4 is 23.0 Å². The minimum Gasteiger partial charge on any atom is -0.385 e. The number of nitrogens with one attached hydrogen (secondary N) is 1. The van der Waals surface area contributed by atoms with Gasteiger partial charge in [-0.2, -0.15) is 0 Å². The third-order valence-corrected chi connectivity index (χ3v) is 3.55. The first-order valence-corrected chi connectivity index (χ1v) is 7.19. The predicted octanol–water partition coefficient (Wildman–Crippen LogP) is 3.86. The molecule has 1 aliphatic rings. The smallest absolute Gasteiger partial charge is 0.148 e. The van der Waals surface area contributed by atoms with E-state index in [4.69, 9.17) is 11.6 Å². The minimum absolute atomic E-state index is 0.132. The molecule has 0 spiro atoms. The van der Waals surface area contributed by atoms with E-state index in [0.29, 0.717) is 5.88 Å². The molecule has 100 valence electrons. The third-order valence-electron chi connectivity index (χ3n) is 3.28. The van der Waals surface area contributed by atoms with E-state index < -0.39 is 0 Å². The van der Waals surface area contributed by atoms with Gasteiger partial charge in [0.15, 0.2) is 0 Å². The lowest BCUT2D eigenvalue weighted by Crippen LogP contribution is -2.30. The summed E-state index contributed by atoms with van der Waals surface area (Å²) in [4.78, 5) is 2.14. The fourth-order valence-corrected chi connectivity index (χ4v) is 2.44. The molecule has 18 heavy (non-hydrogen) atoms. The number of halogens is 2. The molecule has 0 aromatic heterocycles. The van der Waals surface area contributed by atoms with Gasteiger partial charge < -0.3 is 10.2 Å². The van der Waals surface area contributed by atoms with Crippen LogP contribution in [-0.2, 0) is 0 Å². The predicted molar refractivity (Wildman–Crippen MR) is 76.3 cm³/mol. The fraction of sp³-hybridized carbons (Fsp3) is 0.571. The highest BCUT2D eigenvalue weighted by molar-refractivity contribution is 6.17. The Bertz CT molecular complexity index is 378. The fourth-order valence-electron chi connectivity index (χ4n) is 2.31. The van der Waals surface area contributed by atoms with Gasteiger partial charge >= 0.3 is 0 Å². The first kappa shape index (κ1) is 13.5. The highest BCUT2D eigenvalue weighted by Crippen LogP contribution is 2.25. The Kier molecular flexibility index (Phi) is 5.12. The number of benzene rings is 1. The number of alkyl halides is 1. The number of piperidine rings is 1. The Hall–Kier alpha value is -0.960. The third kappa shape index (κ3) is 3.52. The molecule has 1 heterocycles. The molecule has 0 atom stereocenters. The van der Waals surface area contributed by atoms with Gasteiger partial charge in [0.2, 0.25) is 0 Å². The van der Waals surface area contributed by atoms with Crippen molar-refractivity contribution in [3.05, 3.63) is 24.0 Å². The molecule has 4 heteroatoms. The van der Waals surface area contributed by atoms with Crippen LogP contribution in [0.4, 0.5) is 15.8 Å². The highest BCUT2D eigenvalue weighted by Gasteiger charge is 2.14. The molecule has 2 rings (SSSR count). The van der Waals surface area contributed by atoms with Crippen molar-refractivity contribution in [1.82, 2.24) is 0 Å². The maximum atomic E-state index is 14.0. The van der Waals surface area contributed by atoms with Crippen LogP contribution in [0.3, 0.4) is 0 Å². The van der Waals surface area contributed by atoms with Crippen molar-refractivity contribution in [3.8, 4) is 0 Å². The SMILES string of the molecule is Fc1cc(NCCCCl)ccc1N1CCCCC1. The molecule has 2 nitrogen and oxygen atoms in total. The Morgan fingerprint density at radius 1 is 1.22 bits per heavy atom. The zero-order valence-electron chi connectivity index (χ0n) is 10.6. The number of rotatable bonds is 5. The van der Waals surface area contributed by atoms with Gasteiger partial charge in [-0.15, -0.1) is 11.6 Å². The van der Waals surface area contributed by atoms with Gasteiger partial charge in [-0.05, 0) is 43.9 Å². The van der Waals surface area contributed by atoms with E-state index in [1.807, 2.05) is 12.1 Å². The molecular formula is C14H20ClFN2. The number of hydrogen-bond donors (Lipinski definition) is 1. The summed E-state index contributed by atoms with van der Waals surface area (Å²) in [5, 5.41) is 3.17. The zero-order chi connectivity index (χ0) is 12.8.